The van der Waals surface area contributed by atoms with Gasteiger partial charge in [0.2, 0.25) is 0 Å². The van der Waals surface area contributed by atoms with Gasteiger partial charge in [0.05, 0.1) is 6.61 Å². The molecule has 2 rings (SSSR count). The Morgan fingerprint density at radius 3 is 2.33 bits per heavy atom. The zero-order valence-electron chi connectivity index (χ0n) is 12.8. The summed E-state index contributed by atoms with van der Waals surface area (Å²) >= 11 is 3.47. The maximum Gasteiger partial charge on any atom is 0.124 e. The minimum Gasteiger partial charge on any atom is -0.494 e. The smallest absolute Gasteiger partial charge is 0.124 e. The van der Waals surface area contributed by atoms with Crippen molar-refractivity contribution in [3.05, 3.63) is 64.1 Å². The Hall–Kier alpha value is -1.32. The van der Waals surface area contributed by atoms with Gasteiger partial charge < -0.3 is 10.1 Å². The molecule has 2 atom stereocenters. The SMILES string of the molecule is CCOc1ccccc1C(C)NC(C)c1ccc(Br)cc1. The second kappa shape index (κ2) is 7.62. The van der Waals surface area contributed by atoms with E-state index < -0.39 is 0 Å². The fourth-order valence-corrected chi connectivity index (χ4v) is 2.70. The van der Waals surface area contributed by atoms with E-state index in [4.69, 9.17) is 4.74 Å². The Morgan fingerprint density at radius 2 is 1.67 bits per heavy atom. The quantitative estimate of drug-likeness (QED) is 0.769. The molecule has 0 aliphatic heterocycles. The highest BCUT2D eigenvalue weighted by molar-refractivity contribution is 9.10. The van der Waals surface area contributed by atoms with Crippen molar-refractivity contribution < 1.29 is 4.74 Å². The van der Waals surface area contributed by atoms with E-state index in [0.717, 1.165) is 10.2 Å². The van der Waals surface area contributed by atoms with E-state index in [9.17, 15) is 0 Å². The third-order valence-corrected chi connectivity index (χ3v) is 4.08. The van der Waals surface area contributed by atoms with Crippen LogP contribution in [-0.4, -0.2) is 6.61 Å². The van der Waals surface area contributed by atoms with Gasteiger partial charge in [-0.25, -0.2) is 0 Å². The van der Waals surface area contributed by atoms with E-state index in [0.29, 0.717) is 6.61 Å². The first kappa shape index (κ1) is 16.1. The van der Waals surface area contributed by atoms with Crippen LogP contribution < -0.4 is 10.1 Å². The highest BCUT2D eigenvalue weighted by Gasteiger charge is 2.14. The molecule has 1 N–H and O–H groups in total. The molecule has 0 spiro atoms. The molecule has 0 saturated carbocycles. The average Bonchev–Trinajstić information content (AvgIpc) is 2.48. The van der Waals surface area contributed by atoms with E-state index in [1.165, 1.54) is 11.1 Å². The molecule has 3 heteroatoms. The van der Waals surface area contributed by atoms with Crippen LogP contribution in [0, 0.1) is 0 Å². The van der Waals surface area contributed by atoms with Crippen LogP contribution in [0.2, 0.25) is 0 Å². The third kappa shape index (κ3) is 4.32. The van der Waals surface area contributed by atoms with Gasteiger partial charge in [-0.1, -0.05) is 46.3 Å². The summed E-state index contributed by atoms with van der Waals surface area (Å²) in [5.74, 6) is 0.961. The van der Waals surface area contributed by atoms with Gasteiger partial charge in [0.25, 0.3) is 0 Å². The topological polar surface area (TPSA) is 21.3 Å². The normalized spacial score (nSPS) is 13.7. The second-order valence-corrected chi connectivity index (χ2v) is 6.05. The van der Waals surface area contributed by atoms with Crippen molar-refractivity contribution in [2.24, 2.45) is 0 Å². The van der Waals surface area contributed by atoms with Crippen molar-refractivity contribution in [3.63, 3.8) is 0 Å². The van der Waals surface area contributed by atoms with Gasteiger partial charge in [-0.2, -0.15) is 0 Å². The van der Waals surface area contributed by atoms with Crippen molar-refractivity contribution in [1.29, 1.82) is 0 Å². The number of para-hydroxylation sites is 1. The second-order valence-electron chi connectivity index (χ2n) is 5.13. The van der Waals surface area contributed by atoms with Gasteiger partial charge in [-0.05, 0) is 44.5 Å². The predicted molar refractivity (Wildman–Crippen MR) is 91.7 cm³/mol. The molecule has 0 heterocycles. The average molecular weight is 348 g/mol. The van der Waals surface area contributed by atoms with Gasteiger partial charge in [0.1, 0.15) is 5.75 Å². The zero-order valence-corrected chi connectivity index (χ0v) is 14.4. The van der Waals surface area contributed by atoms with E-state index in [-0.39, 0.29) is 12.1 Å². The number of rotatable bonds is 6. The lowest BCUT2D eigenvalue weighted by atomic mass is 10.0. The first-order valence-electron chi connectivity index (χ1n) is 7.35. The highest BCUT2D eigenvalue weighted by Crippen LogP contribution is 2.27. The summed E-state index contributed by atoms with van der Waals surface area (Å²) in [5, 5.41) is 3.64. The number of hydrogen-bond donors (Lipinski definition) is 1. The van der Waals surface area contributed by atoms with E-state index >= 15 is 0 Å². The van der Waals surface area contributed by atoms with Crippen LogP contribution >= 0.6 is 15.9 Å². The highest BCUT2D eigenvalue weighted by atomic mass is 79.9. The molecule has 0 radical (unpaired) electrons. The van der Waals surface area contributed by atoms with Crippen LogP contribution in [0.3, 0.4) is 0 Å². The molecule has 0 bridgehead atoms. The van der Waals surface area contributed by atoms with Crippen LogP contribution in [0.25, 0.3) is 0 Å². The van der Waals surface area contributed by atoms with E-state index in [1.54, 1.807) is 0 Å². The van der Waals surface area contributed by atoms with Crippen molar-refractivity contribution in [1.82, 2.24) is 5.32 Å². The largest absolute Gasteiger partial charge is 0.494 e. The molecule has 0 saturated heterocycles. The Balaban J connectivity index is 2.10. The lowest BCUT2D eigenvalue weighted by Crippen LogP contribution is -2.23. The number of ether oxygens (including phenoxy) is 1. The molecule has 0 amide bonds. The monoisotopic (exact) mass is 347 g/mol. The Morgan fingerprint density at radius 1 is 1.00 bits per heavy atom. The van der Waals surface area contributed by atoms with E-state index in [1.807, 2.05) is 19.1 Å². The molecular formula is C18H22BrNO. The van der Waals surface area contributed by atoms with Gasteiger partial charge in [-0.15, -0.1) is 0 Å². The molecule has 2 nitrogen and oxygen atoms in total. The van der Waals surface area contributed by atoms with Crippen molar-refractivity contribution in [3.8, 4) is 5.75 Å². The lowest BCUT2D eigenvalue weighted by molar-refractivity contribution is 0.331. The fourth-order valence-electron chi connectivity index (χ4n) is 2.44. The summed E-state index contributed by atoms with van der Waals surface area (Å²) < 4.78 is 6.82. The number of benzene rings is 2. The fraction of sp³-hybridized carbons (Fsp3) is 0.333. The maximum atomic E-state index is 5.71. The minimum atomic E-state index is 0.228. The van der Waals surface area contributed by atoms with Gasteiger partial charge in [0.15, 0.2) is 0 Å². The summed E-state index contributed by atoms with van der Waals surface area (Å²) in [6, 6.07) is 17.2. The molecule has 0 aliphatic carbocycles. The molecule has 0 aliphatic rings. The van der Waals surface area contributed by atoms with Crippen molar-refractivity contribution in [2.45, 2.75) is 32.9 Å². The predicted octanol–water partition coefficient (Wildman–Crippen LogP) is 5.26. The Kier molecular flexibility index (Phi) is 5.83. The van der Waals surface area contributed by atoms with Crippen molar-refractivity contribution in [2.75, 3.05) is 6.61 Å². The van der Waals surface area contributed by atoms with E-state index in [2.05, 4.69) is 71.5 Å². The van der Waals surface area contributed by atoms with Crippen molar-refractivity contribution >= 4 is 15.9 Å². The van der Waals surface area contributed by atoms with Gasteiger partial charge in [-0.3, -0.25) is 0 Å². The number of hydrogen-bond acceptors (Lipinski definition) is 2. The summed E-state index contributed by atoms with van der Waals surface area (Å²) in [5.41, 5.74) is 2.47. The first-order chi connectivity index (χ1) is 10.1. The Bertz CT molecular complexity index is 568. The zero-order chi connectivity index (χ0) is 15.2. The summed E-state index contributed by atoms with van der Waals surface area (Å²) in [6.45, 7) is 7.06. The molecular weight excluding hydrogens is 326 g/mol. The Labute approximate surface area is 135 Å². The van der Waals surface area contributed by atoms with Crippen LogP contribution in [0.1, 0.15) is 44.0 Å². The molecule has 0 fully saturated rings. The van der Waals surface area contributed by atoms with Gasteiger partial charge in [0, 0.05) is 22.1 Å². The molecule has 2 aromatic rings. The standard InChI is InChI=1S/C18H22BrNO/c1-4-21-18-8-6-5-7-17(18)14(3)20-13(2)15-9-11-16(19)12-10-15/h5-14,20H,4H2,1-3H3. The molecule has 0 aromatic heterocycles. The van der Waals surface area contributed by atoms with Gasteiger partial charge >= 0.3 is 0 Å². The molecule has 2 aromatic carbocycles. The van der Waals surface area contributed by atoms with Crippen LogP contribution in [-0.2, 0) is 0 Å². The van der Waals surface area contributed by atoms with Crippen LogP contribution in [0.15, 0.2) is 53.0 Å². The molecule has 112 valence electrons. The summed E-state index contributed by atoms with van der Waals surface area (Å²) in [7, 11) is 0. The molecule has 2 unspecified atom stereocenters. The lowest BCUT2D eigenvalue weighted by Gasteiger charge is -2.22. The summed E-state index contributed by atoms with van der Waals surface area (Å²) in [4.78, 5) is 0. The summed E-state index contributed by atoms with van der Waals surface area (Å²) in [6.07, 6.45) is 0. The van der Waals surface area contributed by atoms with Crippen LogP contribution in [0.5, 0.6) is 5.75 Å². The first-order valence-corrected chi connectivity index (χ1v) is 8.14. The third-order valence-electron chi connectivity index (χ3n) is 3.56. The maximum absolute atomic E-state index is 5.71. The number of nitrogens with one attached hydrogen (secondary N) is 1. The van der Waals surface area contributed by atoms with Crippen LogP contribution in [0.4, 0.5) is 0 Å². The number of halogens is 1. The molecule has 21 heavy (non-hydrogen) atoms. The minimum absolute atomic E-state index is 0.228.